The van der Waals surface area contributed by atoms with Gasteiger partial charge in [0.15, 0.2) is 0 Å². The maximum Gasteiger partial charge on any atom is 0.0797 e. The highest BCUT2D eigenvalue weighted by Gasteiger charge is 2.31. The van der Waals surface area contributed by atoms with E-state index in [1.807, 2.05) is 0 Å². The monoisotopic (exact) mass is 289 g/mol. The standard InChI is InChI=1S/C19H31NO/c1-4-15-10-9-13-17(14-15)18(20-3)19(21-5-2)16-11-7-6-8-12-16/h9-10,13-14,16,18-20H,4-8,11-12H2,1-3H3. The summed E-state index contributed by atoms with van der Waals surface area (Å²) < 4.78 is 6.20. The number of aryl methyl sites for hydroxylation is 1. The van der Waals surface area contributed by atoms with Gasteiger partial charge in [-0.3, -0.25) is 0 Å². The Hall–Kier alpha value is -0.860. The summed E-state index contributed by atoms with van der Waals surface area (Å²) in [6.45, 7) is 5.13. The van der Waals surface area contributed by atoms with Gasteiger partial charge in [0.1, 0.15) is 0 Å². The van der Waals surface area contributed by atoms with E-state index in [2.05, 4.69) is 50.5 Å². The summed E-state index contributed by atoms with van der Waals surface area (Å²) >= 11 is 0. The molecule has 2 heteroatoms. The van der Waals surface area contributed by atoms with E-state index in [0.29, 0.717) is 18.1 Å². The number of nitrogens with one attached hydrogen (secondary N) is 1. The maximum atomic E-state index is 6.20. The van der Waals surface area contributed by atoms with Gasteiger partial charge in [-0.05, 0) is 50.3 Å². The molecular weight excluding hydrogens is 258 g/mol. The molecule has 2 unspecified atom stereocenters. The molecule has 21 heavy (non-hydrogen) atoms. The van der Waals surface area contributed by atoms with Crippen molar-refractivity contribution in [3.63, 3.8) is 0 Å². The minimum absolute atomic E-state index is 0.299. The van der Waals surface area contributed by atoms with Crippen molar-refractivity contribution in [1.82, 2.24) is 5.32 Å². The van der Waals surface area contributed by atoms with Crippen LogP contribution >= 0.6 is 0 Å². The fourth-order valence-corrected chi connectivity index (χ4v) is 3.69. The first-order valence-corrected chi connectivity index (χ1v) is 8.67. The average molecular weight is 289 g/mol. The summed E-state index contributed by atoms with van der Waals surface area (Å²) in [5.41, 5.74) is 2.78. The summed E-state index contributed by atoms with van der Waals surface area (Å²) in [6, 6.07) is 9.29. The Bertz CT molecular complexity index is 412. The van der Waals surface area contributed by atoms with Gasteiger partial charge < -0.3 is 10.1 Å². The predicted octanol–water partition coefficient (Wildman–Crippen LogP) is 4.49. The Morgan fingerprint density at radius 3 is 2.57 bits per heavy atom. The molecule has 0 heterocycles. The van der Waals surface area contributed by atoms with Crippen LogP contribution in [0.4, 0.5) is 0 Å². The third-order valence-electron chi connectivity index (χ3n) is 4.83. The van der Waals surface area contributed by atoms with Crippen LogP contribution in [0, 0.1) is 5.92 Å². The Kier molecular flexibility index (Phi) is 6.72. The van der Waals surface area contributed by atoms with Crippen molar-refractivity contribution < 1.29 is 4.74 Å². The van der Waals surface area contributed by atoms with E-state index in [1.165, 1.54) is 43.2 Å². The van der Waals surface area contributed by atoms with E-state index >= 15 is 0 Å². The Balaban J connectivity index is 2.21. The lowest BCUT2D eigenvalue weighted by Crippen LogP contribution is -2.38. The highest BCUT2D eigenvalue weighted by molar-refractivity contribution is 5.27. The van der Waals surface area contributed by atoms with Crippen LogP contribution in [0.1, 0.15) is 63.1 Å². The maximum absolute atomic E-state index is 6.20. The third-order valence-corrected chi connectivity index (χ3v) is 4.83. The molecule has 118 valence electrons. The Labute approximate surface area is 130 Å². The highest BCUT2D eigenvalue weighted by atomic mass is 16.5. The molecule has 1 aromatic rings. The van der Waals surface area contributed by atoms with Crippen LogP contribution in [0.2, 0.25) is 0 Å². The second-order valence-electron chi connectivity index (χ2n) is 6.18. The number of hydrogen-bond donors (Lipinski definition) is 1. The molecule has 1 saturated carbocycles. The van der Waals surface area contributed by atoms with Crippen molar-refractivity contribution in [1.29, 1.82) is 0 Å². The second kappa shape index (κ2) is 8.55. The van der Waals surface area contributed by atoms with Crippen molar-refractivity contribution in [2.45, 2.75) is 64.5 Å². The molecule has 0 amide bonds. The lowest BCUT2D eigenvalue weighted by molar-refractivity contribution is -0.0167. The number of ether oxygens (including phenoxy) is 1. The molecular formula is C19H31NO. The van der Waals surface area contributed by atoms with Crippen LogP contribution < -0.4 is 5.32 Å². The zero-order valence-electron chi connectivity index (χ0n) is 13.9. The smallest absolute Gasteiger partial charge is 0.0797 e. The number of benzene rings is 1. The van der Waals surface area contributed by atoms with Gasteiger partial charge in [-0.25, -0.2) is 0 Å². The van der Waals surface area contributed by atoms with E-state index < -0.39 is 0 Å². The zero-order chi connectivity index (χ0) is 15.1. The van der Waals surface area contributed by atoms with Crippen molar-refractivity contribution >= 4 is 0 Å². The first-order valence-electron chi connectivity index (χ1n) is 8.67. The molecule has 0 aromatic heterocycles. The van der Waals surface area contributed by atoms with Crippen LogP contribution in [0.15, 0.2) is 24.3 Å². The van der Waals surface area contributed by atoms with E-state index in [1.54, 1.807) is 0 Å². The lowest BCUT2D eigenvalue weighted by Gasteiger charge is -2.36. The van der Waals surface area contributed by atoms with E-state index in [9.17, 15) is 0 Å². The van der Waals surface area contributed by atoms with Gasteiger partial charge in [-0.1, -0.05) is 50.5 Å². The fraction of sp³-hybridized carbons (Fsp3) is 0.684. The molecule has 0 saturated heterocycles. The summed E-state index contributed by atoms with van der Waals surface area (Å²) in [6.07, 6.45) is 8.14. The highest BCUT2D eigenvalue weighted by Crippen LogP contribution is 2.34. The second-order valence-corrected chi connectivity index (χ2v) is 6.18. The SMILES string of the molecule is CCOC(C1CCCCC1)C(NC)c1cccc(CC)c1. The van der Waals surface area contributed by atoms with Gasteiger partial charge in [0.25, 0.3) is 0 Å². The normalized spacial score (nSPS) is 19.4. The van der Waals surface area contributed by atoms with Crippen molar-refractivity contribution in [3.05, 3.63) is 35.4 Å². The van der Waals surface area contributed by atoms with Crippen LogP contribution in [0.5, 0.6) is 0 Å². The van der Waals surface area contributed by atoms with E-state index in [0.717, 1.165) is 13.0 Å². The van der Waals surface area contributed by atoms with Crippen molar-refractivity contribution in [2.75, 3.05) is 13.7 Å². The van der Waals surface area contributed by atoms with Crippen LogP contribution in [-0.4, -0.2) is 19.8 Å². The first kappa shape index (κ1) is 16.5. The van der Waals surface area contributed by atoms with E-state index in [4.69, 9.17) is 4.74 Å². The van der Waals surface area contributed by atoms with E-state index in [-0.39, 0.29) is 0 Å². The molecule has 2 nitrogen and oxygen atoms in total. The van der Waals surface area contributed by atoms with Gasteiger partial charge in [-0.2, -0.15) is 0 Å². The Morgan fingerprint density at radius 2 is 1.95 bits per heavy atom. The fourth-order valence-electron chi connectivity index (χ4n) is 3.69. The van der Waals surface area contributed by atoms with Gasteiger partial charge in [0, 0.05) is 6.61 Å². The molecule has 0 spiro atoms. The average Bonchev–Trinajstić information content (AvgIpc) is 2.56. The van der Waals surface area contributed by atoms with Crippen LogP contribution in [0.25, 0.3) is 0 Å². The minimum Gasteiger partial charge on any atom is -0.376 e. The van der Waals surface area contributed by atoms with Crippen molar-refractivity contribution in [3.8, 4) is 0 Å². The van der Waals surface area contributed by atoms with Gasteiger partial charge in [0.2, 0.25) is 0 Å². The Morgan fingerprint density at radius 1 is 1.19 bits per heavy atom. The molecule has 2 atom stereocenters. The molecule has 1 aliphatic rings. The molecule has 1 N–H and O–H groups in total. The zero-order valence-corrected chi connectivity index (χ0v) is 13.9. The number of hydrogen-bond acceptors (Lipinski definition) is 2. The van der Waals surface area contributed by atoms with Gasteiger partial charge >= 0.3 is 0 Å². The molecule has 1 fully saturated rings. The summed E-state index contributed by atoms with van der Waals surface area (Å²) in [7, 11) is 2.07. The lowest BCUT2D eigenvalue weighted by atomic mass is 9.80. The molecule has 0 bridgehead atoms. The van der Waals surface area contributed by atoms with Crippen molar-refractivity contribution in [2.24, 2.45) is 5.92 Å². The van der Waals surface area contributed by atoms with Crippen LogP contribution in [-0.2, 0) is 11.2 Å². The molecule has 0 aliphatic heterocycles. The molecule has 1 aromatic carbocycles. The predicted molar refractivity (Wildman–Crippen MR) is 89.6 cm³/mol. The molecule has 1 aliphatic carbocycles. The topological polar surface area (TPSA) is 21.3 Å². The number of likely N-dealkylation sites (N-methyl/N-ethyl adjacent to an activating group) is 1. The minimum atomic E-state index is 0.299. The first-order chi connectivity index (χ1) is 10.3. The van der Waals surface area contributed by atoms with Gasteiger partial charge in [-0.15, -0.1) is 0 Å². The molecule has 0 radical (unpaired) electrons. The summed E-state index contributed by atoms with van der Waals surface area (Å²) in [4.78, 5) is 0. The largest absolute Gasteiger partial charge is 0.376 e. The van der Waals surface area contributed by atoms with Crippen LogP contribution in [0.3, 0.4) is 0 Å². The summed E-state index contributed by atoms with van der Waals surface area (Å²) in [5.74, 6) is 0.696. The third kappa shape index (κ3) is 4.31. The number of rotatable bonds is 7. The molecule has 2 rings (SSSR count). The quantitative estimate of drug-likeness (QED) is 0.798. The summed E-state index contributed by atoms with van der Waals surface area (Å²) in [5, 5.41) is 3.53. The van der Waals surface area contributed by atoms with Gasteiger partial charge in [0.05, 0.1) is 12.1 Å².